The van der Waals surface area contributed by atoms with Crippen molar-refractivity contribution in [2.24, 2.45) is 23.7 Å². The van der Waals surface area contributed by atoms with E-state index in [4.69, 9.17) is 4.74 Å². The number of benzene rings is 3. The maximum absolute atomic E-state index is 9.41. The summed E-state index contributed by atoms with van der Waals surface area (Å²) in [7, 11) is 1.68. The monoisotopic (exact) mass is 1850 g/mol. The molecule has 7 N–H and O–H groups in total. The molecule has 19 rings (SSSR count). The van der Waals surface area contributed by atoms with Crippen LogP contribution in [0.5, 0.6) is 5.75 Å². The SMILES string of the molecule is CC(C)=CCNc1nc(C)nc2ccn(Cc3ccccc3)c12.CCCCC(CCO)Nc1nc(C)nc2ccn(Cc3ccncc3)c12.CCCCNc1nc(C)nc2ccn(CC3CC3)c12.CCCCNc1nc(C)nc2ccn(CC3CCCCC3)c12.CCCCNc1nc(C)nc2ccn(Cc3ccc(OC)cc3)c12.Cc1nc(NCC2CC2C)c2c(ccn2Cc2ccccc2)n1. The molecule has 27 nitrogen and oxygen atoms in total. The number of allylic oxidation sites excluding steroid dienone is 1. The standard InChI is InChI=1S/C20H27N5O.C19H24N4O.2C19H22N4.C18H28N4.C15H22N4/c1-3-4-5-17(9-13-26)24-20-19-18(22-15(2)23-20)8-12-25(19)14-16-6-10-21-11-7-16;1-4-5-11-20-19-18-17(21-14(2)22-19)10-12-23(18)13-15-6-8-16(24-3)9-7-15;1-13-10-16(13)11-20-19-18-17(21-14(2)22-19)8-9-23(18)12-15-6-4-3-5-7-15;1-14(2)9-11-20-19-18-17(21-15(3)22-19)10-12-23(18)13-16-7-5-4-6-8-16;1-3-4-11-19-18-17-16(20-14(2)21-18)10-12-22(17)13-15-8-6-5-7-9-15;1-3-4-8-16-15-14-13(17-11(2)18-15)7-9-19(14)10-12-5-6-12/h6-8,10-12,17,26H,3-5,9,13-14H2,1-2H3,(H,22,23,24);6-10,12H,4-5,11,13H2,1-3H3,(H,20,21,22);3-9,13,16H,10-12H2,1-2H3,(H,20,21,22);4-10,12H,11,13H2,1-3H3,(H,20,21,22);10,12,15H,3-9,11,13H2,1-2H3,(H,19,20,21);7,9,12H,3-6,8,10H2,1-2H3,(H,16,17,18). The summed E-state index contributed by atoms with van der Waals surface area (Å²) >= 11 is 0. The van der Waals surface area contributed by atoms with Crippen LogP contribution in [0.1, 0.15) is 221 Å². The molecule has 3 aliphatic rings. The number of aliphatic hydroxyl groups excluding tert-OH is 1. The van der Waals surface area contributed by atoms with Crippen LogP contribution in [0.3, 0.4) is 0 Å². The van der Waals surface area contributed by atoms with E-state index in [1.807, 2.05) is 96.4 Å². The van der Waals surface area contributed by atoms with Gasteiger partial charge in [0.05, 0.1) is 40.2 Å². The lowest BCUT2D eigenvalue weighted by Gasteiger charge is -2.22. The highest BCUT2D eigenvalue weighted by molar-refractivity contribution is 5.91. The summed E-state index contributed by atoms with van der Waals surface area (Å²) in [6, 6.07) is 45.8. The average molecular weight is 1850 g/mol. The van der Waals surface area contributed by atoms with Gasteiger partial charge >= 0.3 is 0 Å². The molecule has 0 spiro atoms. The molecule has 0 aliphatic heterocycles. The second-order valence-corrected chi connectivity index (χ2v) is 37.3. The Morgan fingerprint density at radius 1 is 0.394 bits per heavy atom. The highest BCUT2D eigenvalue weighted by Crippen LogP contribution is 2.39. The van der Waals surface area contributed by atoms with Crippen molar-refractivity contribution in [2.75, 3.05) is 78.3 Å². The van der Waals surface area contributed by atoms with Gasteiger partial charge in [0.2, 0.25) is 0 Å². The maximum atomic E-state index is 9.41. The smallest absolute Gasteiger partial charge is 0.154 e. The number of unbranched alkanes of at least 4 members (excludes halogenated alkanes) is 4. The second kappa shape index (κ2) is 50.1. The number of aromatic nitrogens is 19. The first kappa shape index (κ1) is 99.8. The molecule has 0 radical (unpaired) electrons. The molecule has 27 heteroatoms. The Balaban J connectivity index is 0.000000132. The molecule has 0 amide bonds. The van der Waals surface area contributed by atoms with E-state index in [0.29, 0.717) is 0 Å². The van der Waals surface area contributed by atoms with E-state index in [9.17, 15) is 5.11 Å². The zero-order valence-corrected chi connectivity index (χ0v) is 83.4. The van der Waals surface area contributed by atoms with Gasteiger partial charge in [0, 0.05) is 134 Å². The number of fused-ring (bicyclic) bond motifs is 6. The molecule has 3 saturated carbocycles. The van der Waals surface area contributed by atoms with Crippen molar-refractivity contribution < 1.29 is 9.84 Å². The number of hydrogen-bond acceptors (Lipinski definition) is 21. The van der Waals surface area contributed by atoms with Crippen LogP contribution >= 0.6 is 0 Å². The lowest BCUT2D eigenvalue weighted by molar-refractivity contribution is 0.276. The molecule has 13 aromatic heterocycles. The molecule has 722 valence electrons. The number of ether oxygens (including phenoxy) is 1. The minimum absolute atomic E-state index is 0.173. The summed E-state index contributed by atoms with van der Waals surface area (Å²) in [5, 5.41) is 30.4. The number of nitrogens with zero attached hydrogens (tertiary/aromatic N) is 19. The third kappa shape index (κ3) is 28.5. The maximum Gasteiger partial charge on any atom is 0.154 e. The summed E-state index contributed by atoms with van der Waals surface area (Å²) in [6.07, 6.45) is 40.5. The fourth-order valence-corrected chi connectivity index (χ4v) is 17.8. The molecule has 0 saturated heterocycles. The summed E-state index contributed by atoms with van der Waals surface area (Å²) in [5.41, 5.74) is 18.9. The summed E-state index contributed by atoms with van der Waals surface area (Å²) < 4.78 is 18.7. The van der Waals surface area contributed by atoms with Crippen LogP contribution in [0, 0.1) is 65.2 Å². The Bertz CT molecular complexity index is 6480. The van der Waals surface area contributed by atoms with E-state index < -0.39 is 0 Å². The number of methoxy groups -OCH3 is 1. The second-order valence-electron chi connectivity index (χ2n) is 37.3. The van der Waals surface area contributed by atoms with Gasteiger partial charge in [0.25, 0.3) is 0 Å². The first-order valence-electron chi connectivity index (χ1n) is 50.1. The number of pyridine rings is 1. The van der Waals surface area contributed by atoms with Crippen LogP contribution in [0.4, 0.5) is 34.9 Å². The van der Waals surface area contributed by atoms with E-state index >= 15 is 0 Å². The van der Waals surface area contributed by atoms with Crippen molar-refractivity contribution in [3.8, 4) is 5.75 Å². The molecule has 3 atom stereocenters. The molecular weight excluding hydrogens is 1700 g/mol. The zero-order valence-electron chi connectivity index (χ0n) is 83.4. The topological polar surface area (TPSA) is 299 Å². The van der Waals surface area contributed by atoms with Crippen molar-refractivity contribution in [2.45, 2.75) is 251 Å². The highest BCUT2D eigenvalue weighted by atomic mass is 16.5. The lowest BCUT2D eigenvalue weighted by Crippen LogP contribution is -2.22. The summed E-state index contributed by atoms with van der Waals surface area (Å²) in [4.78, 5) is 59.3. The van der Waals surface area contributed by atoms with Gasteiger partial charge in [0.1, 0.15) is 73.8 Å². The van der Waals surface area contributed by atoms with Crippen LogP contribution in [-0.4, -0.2) is 150 Å². The van der Waals surface area contributed by atoms with Crippen molar-refractivity contribution in [3.63, 3.8) is 0 Å². The predicted octanol–water partition coefficient (Wildman–Crippen LogP) is 23.5. The van der Waals surface area contributed by atoms with Crippen LogP contribution in [0.2, 0.25) is 0 Å². The van der Waals surface area contributed by atoms with E-state index in [0.717, 1.165) is 265 Å². The Hall–Kier alpha value is -13.2. The quantitative estimate of drug-likeness (QED) is 0.0140. The molecular formula is C110H145N25O2. The fourth-order valence-electron chi connectivity index (χ4n) is 17.8. The molecule has 137 heavy (non-hydrogen) atoms. The van der Waals surface area contributed by atoms with Crippen LogP contribution < -0.4 is 36.6 Å². The molecule has 3 aromatic carbocycles. The van der Waals surface area contributed by atoms with Crippen molar-refractivity contribution in [1.29, 1.82) is 0 Å². The van der Waals surface area contributed by atoms with Crippen molar-refractivity contribution >= 4 is 101 Å². The first-order valence-corrected chi connectivity index (χ1v) is 50.1. The predicted molar refractivity (Wildman–Crippen MR) is 562 cm³/mol. The molecule has 0 bridgehead atoms. The molecule has 3 unspecified atom stereocenters. The number of rotatable bonds is 38. The number of anilines is 6. The van der Waals surface area contributed by atoms with Gasteiger partial charge in [-0.3, -0.25) is 4.98 Å². The number of aliphatic hydroxyl groups is 1. The largest absolute Gasteiger partial charge is 0.497 e. The first-order chi connectivity index (χ1) is 66.8. The Morgan fingerprint density at radius 3 is 1.10 bits per heavy atom. The van der Waals surface area contributed by atoms with Gasteiger partial charge in [-0.2, -0.15) is 0 Å². The van der Waals surface area contributed by atoms with Crippen LogP contribution in [0.15, 0.2) is 195 Å². The van der Waals surface area contributed by atoms with Gasteiger partial charge in [-0.05, 0) is 226 Å². The molecule has 16 aromatic rings. The van der Waals surface area contributed by atoms with E-state index in [1.54, 1.807) is 7.11 Å². The minimum atomic E-state index is 0.173. The third-order valence-corrected chi connectivity index (χ3v) is 25.5. The average Bonchev–Trinajstić information content (AvgIpc) is 1.28. The lowest BCUT2D eigenvalue weighted by atomic mass is 9.89. The highest BCUT2D eigenvalue weighted by Gasteiger charge is 2.33. The Morgan fingerprint density at radius 2 is 0.737 bits per heavy atom. The third-order valence-electron chi connectivity index (χ3n) is 25.5. The van der Waals surface area contributed by atoms with Gasteiger partial charge in [-0.25, -0.2) is 59.8 Å². The van der Waals surface area contributed by atoms with Crippen LogP contribution in [-0.2, 0) is 39.3 Å². The van der Waals surface area contributed by atoms with Gasteiger partial charge < -0.3 is 69.1 Å². The number of aryl methyl sites for hydroxylation is 6. The molecule has 3 aliphatic carbocycles. The Labute approximate surface area is 809 Å². The fraction of sp³-hybridized carbons (Fsp3) is 0.445. The number of hydrogen-bond donors (Lipinski definition) is 7. The van der Waals surface area contributed by atoms with Crippen molar-refractivity contribution in [3.05, 3.63) is 252 Å². The van der Waals surface area contributed by atoms with E-state index in [-0.39, 0.29) is 12.6 Å². The van der Waals surface area contributed by atoms with Gasteiger partial charge in [-0.15, -0.1) is 0 Å². The van der Waals surface area contributed by atoms with Crippen molar-refractivity contribution in [1.82, 2.24) is 92.2 Å². The zero-order chi connectivity index (χ0) is 95.9. The van der Waals surface area contributed by atoms with Crippen LogP contribution in [0.25, 0.3) is 66.2 Å². The van der Waals surface area contributed by atoms with E-state index in [1.165, 1.54) is 116 Å². The summed E-state index contributed by atoms with van der Waals surface area (Å²) in [6.45, 7) is 37.2. The molecule has 3 fully saturated rings. The minimum Gasteiger partial charge on any atom is -0.497 e. The number of nitrogens with one attached hydrogen (secondary N) is 6. The Kier molecular flexibility index (Phi) is 36.5. The van der Waals surface area contributed by atoms with E-state index in [2.05, 4.69) is 307 Å². The van der Waals surface area contributed by atoms with Gasteiger partial charge in [-0.1, -0.05) is 170 Å². The van der Waals surface area contributed by atoms with Gasteiger partial charge in [0.15, 0.2) is 34.9 Å². The summed E-state index contributed by atoms with van der Waals surface area (Å²) in [5.74, 6) is 14.7. The molecule has 13 heterocycles. The normalized spacial score (nSPS) is 14.1.